The van der Waals surface area contributed by atoms with Crippen LogP contribution >= 0.6 is 0 Å². The summed E-state index contributed by atoms with van der Waals surface area (Å²) in [6.45, 7) is 6.08. The van der Waals surface area contributed by atoms with Gasteiger partial charge in [0.05, 0.1) is 12.7 Å². The SMILES string of the molecule is CC(C)CNCc1ncc(CCc2ccccc2)o1. The normalized spacial score (nSPS) is 11.1. The number of hydrogen-bond acceptors (Lipinski definition) is 3. The van der Waals surface area contributed by atoms with Crippen LogP contribution in [0, 0.1) is 5.92 Å². The van der Waals surface area contributed by atoms with Crippen LogP contribution in [-0.2, 0) is 19.4 Å². The van der Waals surface area contributed by atoms with E-state index in [0.29, 0.717) is 12.5 Å². The van der Waals surface area contributed by atoms with Crippen molar-refractivity contribution in [2.24, 2.45) is 5.92 Å². The maximum Gasteiger partial charge on any atom is 0.208 e. The van der Waals surface area contributed by atoms with Crippen LogP contribution in [0.3, 0.4) is 0 Å². The standard InChI is InChI=1S/C16H22N2O/c1-13(2)10-17-12-16-18-11-15(19-16)9-8-14-6-4-3-5-7-14/h3-7,11,13,17H,8-10,12H2,1-2H3. The van der Waals surface area contributed by atoms with Crippen LogP contribution in [-0.4, -0.2) is 11.5 Å². The van der Waals surface area contributed by atoms with Gasteiger partial charge in [-0.1, -0.05) is 44.2 Å². The molecule has 0 aliphatic carbocycles. The van der Waals surface area contributed by atoms with Gasteiger partial charge in [0.15, 0.2) is 0 Å². The highest BCUT2D eigenvalue weighted by Gasteiger charge is 2.04. The van der Waals surface area contributed by atoms with E-state index in [1.54, 1.807) is 0 Å². The number of oxazole rings is 1. The lowest BCUT2D eigenvalue weighted by atomic mass is 10.1. The molecular weight excluding hydrogens is 236 g/mol. The molecule has 0 amide bonds. The van der Waals surface area contributed by atoms with Crippen molar-refractivity contribution < 1.29 is 4.42 Å². The number of nitrogens with zero attached hydrogens (tertiary/aromatic N) is 1. The summed E-state index contributed by atoms with van der Waals surface area (Å²) < 4.78 is 5.71. The van der Waals surface area contributed by atoms with Crippen molar-refractivity contribution in [1.29, 1.82) is 0 Å². The van der Waals surface area contributed by atoms with Gasteiger partial charge in [-0.05, 0) is 24.4 Å². The minimum atomic E-state index is 0.646. The Balaban J connectivity index is 1.77. The third-order valence-electron chi connectivity index (χ3n) is 2.93. The van der Waals surface area contributed by atoms with Gasteiger partial charge in [0, 0.05) is 6.42 Å². The molecule has 2 rings (SSSR count). The van der Waals surface area contributed by atoms with Crippen molar-refractivity contribution in [3.63, 3.8) is 0 Å². The summed E-state index contributed by atoms with van der Waals surface area (Å²) in [6.07, 6.45) is 3.74. The minimum Gasteiger partial charge on any atom is -0.444 e. The highest BCUT2D eigenvalue weighted by atomic mass is 16.4. The summed E-state index contributed by atoms with van der Waals surface area (Å²) in [6, 6.07) is 10.5. The lowest BCUT2D eigenvalue weighted by molar-refractivity contribution is 0.425. The monoisotopic (exact) mass is 258 g/mol. The van der Waals surface area contributed by atoms with E-state index >= 15 is 0 Å². The molecule has 0 spiro atoms. The van der Waals surface area contributed by atoms with E-state index in [-0.39, 0.29) is 0 Å². The Morgan fingerprint density at radius 3 is 2.68 bits per heavy atom. The molecular formula is C16H22N2O. The highest BCUT2D eigenvalue weighted by molar-refractivity contribution is 5.15. The molecule has 0 aliphatic rings. The van der Waals surface area contributed by atoms with Crippen molar-refractivity contribution in [2.45, 2.75) is 33.2 Å². The fourth-order valence-electron chi connectivity index (χ4n) is 1.93. The Kier molecular flexibility index (Phi) is 5.16. The molecule has 3 heteroatoms. The Morgan fingerprint density at radius 1 is 1.16 bits per heavy atom. The zero-order chi connectivity index (χ0) is 13.5. The van der Waals surface area contributed by atoms with Gasteiger partial charge in [-0.3, -0.25) is 0 Å². The number of hydrogen-bond donors (Lipinski definition) is 1. The summed E-state index contributed by atoms with van der Waals surface area (Å²) in [5.74, 6) is 2.39. The maximum atomic E-state index is 5.71. The molecule has 3 nitrogen and oxygen atoms in total. The summed E-state index contributed by atoms with van der Waals surface area (Å²) in [7, 11) is 0. The van der Waals surface area contributed by atoms with Crippen molar-refractivity contribution in [3.05, 3.63) is 53.7 Å². The molecule has 1 heterocycles. The lowest BCUT2D eigenvalue weighted by Crippen LogP contribution is -2.19. The van der Waals surface area contributed by atoms with Gasteiger partial charge in [-0.2, -0.15) is 0 Å². The molecule has 0 fully saturated rings. The third kappa shape index (κ3) is 4.87. The molecule has 0 atom stereocenters. The Hall–Kier alpha value is -1.61. The van der Waals surface area contributed by atoms with Crippen molar-refractivity contribution in [3.8, 4) is 0 Å². The molecule has 2 aromatic rings. The third-order valence-corrected chi connectivity index (χ3v) is 2.93. The number of rotatable bonds is 7. The van der Waals surface area contributed by atoms with Gasteiger partial charge < -0.3 is 9.73 Å². The van der Waals surface area contributed by atoms with E-state index in [1.165, 1.54) is 5.56 Å². The first-order valence-electron chi connectivity index (χ1n) is 6.92. The zero-order valence-electron chi connectivity index (χ0n) is 11.7. The van der Waals surface area contributed by atoms with Gasteiger partial charge in [0.2, 0.25) is 5.89 Å². The van der Waals surface area contributed by atoms with Crippen LogP contribution in [0.4, 0.5) is 0 Å². The first-order valence-corrected chi connectivity index (χ1v) is 6.92. The predicted octanol–water partition coefficient (Wildman–Crippen LogP) is 3.21. The van der Waals surface area contributed by atoms with Crippen LogP contribution in [0.5, 0.6) is 0 Å². The molecule has 0 saturated carbocycles. The first-order chi connectivity index (χ1) is 9.24. The summed E-state index contributed by atoms with van der Waals surface area (Å²) in [4.78, 5) is 4.30. The Morgan fingerprint density at radius 2 is 1.95 bits per heavy atom. The summed E-state index contributed by atoms with van der Waals surface area (Å²) in [5.41, 5.74) is 1.33. The zero-order valence-corrected chi connectivity index (χ0v) is 11.7. The maximum absolute atomic E-state index is 5.71. The van der Waals surface area contributed by atoms with Gasteiger partial charge in [0.25, 0.3) is 0 Å². The molecule has 102 valence electrons. The fraction of sp³-hybridized carbons (Fsp3) is 0.438. The quantitative estimate of drug-likeness (QED) is 0.828. The highest BCUT2D eigenvalue weighted by Crippen LogP contribution is 2.09. The van der Waals surface area contributed by atoms with Gasteiger partial charge in [-0.15, -0.1) is 0 Å². The molecule has 0 radical (unpaired) electrons. The second-order valence-corrected chi connectivity index (χ2v) is 5.23. The smallest absolute Gasteiger partial charge is 0.208 e. The molecule has 0 aliphatic heterocycles. The van der Waals surface area contributed by atoms with Gasteiger partial charge in [-0.25, -0.2) is 4.98 Å². The first kappa shape index (κ1) is 13.8. The summed E-state index contributed by atoms with van der Waals surface area (Å²) in [5, 5.41) is 3.33. The van der Waals surface area contributed by atoms with E-state index < -0.39 is 0 Å². The largest absolute Gasteiger partial charge is 0.444 e. The van der Waals surface area contributed by atoms with E-state index in [1.807, 2.05) is 12.3 Å². The fourth-order valence-corrected chi connectivity index (χ4v) is 1.93. The second kappa shape index (κ2) is 7.10. The van der Waals surface area contributed by atoms with E-state index in [9.17, 15) is 0 Å². The average molecular weight is 258 g/mol. The molecule has 1 aromatic carbocycles. The number of aryl methyl sites for hydroxylation is 2. The van der Waals surface area contributed by atoms with Crippen LogP contribution in [0.15, 0.2) is 40.9 Å². The van der Waals surface area contributed by atoms with Crippen molar-refractivity contribution in [1.82, 2.24) is 10.3 Å². The Bertz CT molecular complexity index is 477. The van der Waals surface area contributed by atoms with E-state index in [0.717, 1.165) is 31.0 Å². The van der Waals surface area contributed by atoms with Crippen LogP contribution < -0.4 is 5.32 Å². The lowest BCUT2D eigenvalue weighted by Gasteiger charge is -2.04. The van der Waals surface area contributed by atoms with Gasteiger partial charge >= 0.3 is 0 Å². The molecule has 0 bridgehead atoms. The van der Waals surface area contributed by atoms with Crippen LogP contribution in [0.25, 0.3) is 0 Å². The van der Waals surface area contributed by atoms with Crippen molar-refractivity contribution >= 4 is 0 Å². The molecule has 1 aromatic heterocycles. The minimum absolute atomic E-state index is 0.646. The molecule has 0 unspecified atom stereocenters. The van der Waals surface area contributed by atoms with Crippen molar-refractivity contribution in [2.75, 3.05) is 6.54 Å². The van der Waals surface area contributed by atoms with Crippen LogP contribution in [0.1, 0.15) is 31.1 Å². The summed E-state index contributed by atoms with van der Waals surface area (Å²) >= 11 is 0. The van der Waals surface area contributed by atoms with Gasteiger partial charge in [0.1, 0.15) is 5.76 Å². The second-order valence-electron chi connectivity index (χ2n) is 5.23. The topological polar surface area (TPSA) is 38.1 Å². The average Bonchev–Trinajstić information content (AvgIpc) is 2.85. The number of nitrogens with one attached hydrogen (secondary N) is 1. The number of aromatic nitrogens is 1. The predicted molar refractivity (Wildman–Crippen MR) is 76.9 cm³/mol. The van der Waals surface area contributed by atoms with E-state index in [2.05, 4.69) is 48.4 Å². The number of benzene rings is 1. The van der Waals surface area contributed by atoms with E-state index in [4.69, 9.17) is 4.42 Å². The molecule has 0 saturated heterocycles. The van der Waals surface area contributed by atoms with Crippen LogP contribution in [0.2, 0.25) is 0 Å². The molecule has 19 heavy (non-hydrogen) atoms. The molecule has 1 N–H and O–H groups in total. The Labute approximate surface area is 115 Å².